The second-order valence-corrected chi connectivity index (χ2v) is 16.4. The number of para-hydroxylation sites is 4. The molecular formula is C50H40N2O. The number of aromatic nitrogens is 2. The molecule has 0 atom stereocenters. The van der Waals surface area contributed by atoms with Crippen LogP contribution >= 0.6 is 0 Å². The Hall–Kier alpha value is -6.06. The van der Waals surface area contributed by atoms with E-state index in [1.165, 1.54) is 73.3 Å². The van der Waals surface area contributed by atoms with E-state index in [2.05, 4.69) is 176 Å². The van der Waals surface area contributed by atoms with Gasteiger partial charge in [0, 0.05) is 49.3 Å². The molecular weight excluding hydrogens is 645 g/mol. The van der Waals surface area contributed by atoms with Gasteiger partial charge in [0.2, 0.25) is 0 Å². The highest BCUT2D eigenvalue weighted by atomic mass is 16.3. The van der Waals surface area contributed by atoms with Crippen LogP contribution in [-0.2, 0) is 10.8 Å². The molecule has 53 heavy (non-hydrogen) atoms. The van der Waals surface area contributed by atoms with Crippen molar-refractivity contribution in [1.82, 2.24) is 9.13 Å². The van der Waals surface area contributed by atoms with Gasteiger partial charge in [0.25, 0.3) is 0 Å². The molecule has 0 aliphatic heterocycles. The SMILES string of the molecule is CC1(C)CCC(C)(C)c2cc3c(cc21)c1c2c4ccccc4n(-c4ccccc4)c2ccc1n3-c1cccc(-c2cccc3c2oc2ccccc23)c1. The molecule has 7 aromatic carbocycles. The van der Waals surface area contributed by atoms with E-state index in [-0.39, 0.29) is 10.8 Å². The van der Waals surface area contributed by atoms with Crippen molar-refractivity contribution in [1.29, 1.82) is 0 Å². The Kier molecular flexibility index (Phi) is 6.19. The Balaban J connectivity index is 1.26. The molecule has 0 unspecified atom stereocenters. The van der Waals surface area contributed by atoms with Gasteiger partial charge in [0.1, 0.15) is 11.2 Å². The molecule has 0 fully saturated rings. The molecule has 256 valence electrons. The number of nitrogens with zero attached hydrogens (tertiary/aromatic N) is 2. The molecule has 0 saturated heterocycles. The van der Waals surface area contributed by atoms with Gasteiger partial charge in [-0.2, -0.15) is 0 Å². The van der Waals surface area contributed by atoms with E-state index in [4.69, 9.17) is 4.42 Å². The minimum absolute atomic E-state index is 0.0811. The molecule has 1 aliphatic rings. The number of hydrogen-bond donors (Lipinski definition) is 0. The van der Waals surface area contributed by atoms with E-state index < -0.39 is 0 Å². The lowest BCUT2D eigenvalue weighted by molar-refractivity contribution is 0.332. The van der Waals surface area contributed by atoms with Gasteiger partial charge in [-0.15, -0.1) is 0 Å². The van der Waals surface area contributed by atoms with Gasteiger partial charge >= 0.3 is 0 Å². The summed E-state index contributed by atoms with van der Waals surface area (Å²) in [6.07, 6.45) is 2.35. The van der Waals surface area contributed by atoms with Gasteiger partial charge in [-0.05, 0) is 101 Å². The fourth-order valence-electron chi connectivity index (χ4n) is 9.55. The van der Waals surface area contributed by atoms with Crippen LogP contribution < -0.4 is 0 Å². The first kappa shape index (κ1) is 30.6. The van der Waals surface area contributed by atoms with Crippen molar-refractivity contribution in [3.63, 3.8) is 0 Å². The van der Waals surface area contributed by atoms with Crippen molar-refractivity contribution < 1.29 is 4.42 Å². The number of rotatable bonds is 3. The summed E-state index contributed by atoms with van der Waals surface area (Å²) in [4.78, 5) is 0. The molecule has 0 amide bonds. The van der Waals surface area contributed by atoms with Crippen molar-refractivity contribution in [3.05, 3.63) is 157 Å². The van der Waals surface area contributed by atoms with E-state index in [0.717, 1.165) is 38.8 Å². The van der Waals surface area contributed by atoms with Crippen molar-refractivity contribution in [2.75, 3.05) is 0 Å². The largest absolute Gasteiger partial charge is 0.455 e. The molecule has 0 radical (unpaired) electrons. The highest BCUT2D eigenvalue weighted by Crippen LogP contribution is 2.50. The minimum Gasteiger partial charge on any atom is -0.455 e. The van der Waals surface area contributed by atoms with E-state index >= 15 is 0 Å². The third kappa shape index (κ3) is 4.28. The summed E-state index contributed by atoms with van der Waals surface area (Å²) in [6.45, 7) is 9.73. The second-order valence-electron chi connectivity index (χ2n) is 16.4. The Morgan fingerprint density at radius 2 is 1.06 bits per heavy atom. The van der Waals surface area contributed by atoms with Crippen LogP contribution in [-0.4, -0.2) is 9.13 Å². The predicted molar refractivity (Wildman–Crippen MR) is 223 cm³/mol. The first-order valence-electron chi connectivity index (χ1n) is 18.9. The number of furan rings is 1. The minimum atomic E-state index is 0.0811. The Bertz CT molecular complexity index is 3110. The summed E-state index contributed by atoms with van der Waals surface area (Å²) in [7, 11) is 0. The molecule has 3 nitrogen and oxygen atoms in total. The van der Waals surface area contributed by atoms with Crippen LogP contribution in [0.5, 0.6) is 0 Å². The molecule has 3 heteroatoms. The van der Waals surface area contributed by atoms with Crippen LogP contribution in [0, 0.1) is 0 Å². The topological polar surface area (TPSA) is 23.0 Å². The van der Waals surface area contributed by atoms with Crippen LogP contribution in [0.3, 0.4) is 0 Å². The van der Waals surface area contributed by atoms with Crippen molar-refractivity contribution >= 4 is 65.6 Å². The summed E-state index contributed by atoms with van der Waals surface area (Å²) in [5, 5.41) is 7.51. The van der Waals surface area contributed by atoms with Crippen LogP contribution in [0.15, 0.2) is 150 Å². The highest BCUT2D eigenvalue weighted by Gasteiger charge is 2.38. The lowest BCUT2D eigenvalue weighted by atomic mass is 9.63. The van der Waals surface area contributed by atoms with Crippen molar-refractivity contribution in [2.24, 2.45) is 0 Å². The number of benzene rings is 7. The fraction of sp³-hybridized carbons (Fsp3) is 0.160. The fourth-order valence-corrected chi connectivity index (χ4v) is 9.55. The summed E-state index contributed by atoms with van der Waals surface area (Å²) in [5.74, 6) is 0. The molecule has 3 heterocycles. The van der Waals surface area contributed by atoms with Gasteiger partial charge < -0.3 is 13.6 Å². The molecule has 11 rings (SSSR count). The Morgan fingerprint density at radius 1 is 0.453 bits per heavy atom. The Labute approximate surface area is 308 Å². The smallest absolute Gasteiger partial charge is 0.143 e. The molecule has 0 bridgehead atoms. The normalized spacial score (nSPS) is 15.3. The zero-order valence-electron chi connectivity index (χ0n) is 30.6. The summed E-state index contributed by atoms with van der Waals surface area (Å²) >= 11 is 0. The average Bonchev–Trinajstić information content (AvgIpc) is 3.84. The van der Waals surface area contributed by atoms with Gasteiger partial charge in [-0.25, -0.2) is 0 Å². The van der Waals surface area contributed by atoms with E-state index in [1.54, 1.807) is 0 Å². The monoisotopic (exact) mass is 684 g/mol. The molecule has 0 N–H and O–H groups in total. The molecule has 1 aliphatic carbocycles. The van der Waals surface area contributed by atoms with E-state index in [0.29, 0.717) is 0 Å². The summed E-state index contributed by atoms with van der Waals surface area (Å²) < 4.78 is 11.5. The third-order valence-electron chi connectivity index (χ3n) is 12.4. The molecule has 3 aromatic heterocycles. The first-order chi connectivity index (χ1) is 25.8. The molecule has 10 aromatic rings. The zero-order valence-corrected chi connectivity index (χ0v) is 30.6. The molecule has 0 spiro atoms. The van der Waals surface area contributed by atoms with E-state index in [1.807, 2.05) is 6.07 Å². The van der Waals surface area contributed by atoms with Crippen molar-refractivity contribution in [3.8, 4) is 22.5 Å². The van der Waals surface area contributed by atoms with Gasteiger partial charge in [-0.1, -0.05) is 113 Å². The predicted octanol–water partition coefficient (Wildman–Crippen LogP) is 13.8. The van der Waals surface area contributed by atoms with E-state index in [9.17, 15) is 0 Å². The maximum atomic E-state index is 6.53. The zero-order chi connectivity index (χ0) is 35.6. The van der Waals surface area contributed by atoms with Crippen LogP contribution in [0.2, 0.25) is 0 Å². The summed E-state index contributed by atoms with van der Waals surface area (Å²) in [5.41, 5.74) is 14.5. The maximum absolute atomic E-state index is 6.53. The average molecular weight is 685 g/mol. The van der Waals surface area contributed by atoms with Crippen molar-refractivity contribution in [2.45, 2.75) is 51.4 Å². The molecule has 0 saturated carbocycles. The highest BCUT2D eigenvalue weighted by molar-refractivity contribution is 6.29. The lowest BCUT2D eigenvalue weighted by Gasteiger charge is -2.42. The van der Waals surface area contributed by atoms with Crippen LogP contribution in [0.1, 0.15) is 51.7 Å². The van der Waals surface area contributed by atoms with Crippen LogP contribution in [0.4, 0.5) is 0 Å². The van der Waals surface area contributed by atoms with Crippen LogP contribution in [0.25, 0.3) is 88.1 Å². The summed E-state index contributed by atoms with van der Waals surface area (Å²) in [6, 6.07) is 53.4. The lowest BCUT2D eigenvalue weighted by Crippen LogP contribution is -2.33. The number of hydrogen-bond acceptors (Lipinski definition) is 1. The van der Waals surface area contributed by atoms with Gasteiger partial charge in [0.05, 0.1) is 22.1 Å². The number of fused-ring (bicyclic) bond motifs is 11. The second kappa shape index (κ2) is 10.7. The maximum Gasteiger partial charge on any atom is 0.143 e. The quantitative estimate of drug-likeness (QED) is 0.182. The Morgan fingerprint density at radius 3 is 1.85 bits per heavy atom. The first-order valence-corrected chi connectivity index (χ1v) is 18.9. The standard InChI is InChI=1S/C50H40N2O/c1-49(2)26-27-50(3,4)40-30-44-38(29-39(40)49)47-43(25-24-42-46(47)37-19-8-10-22-41(37)51(42)32-15-6-5-7-16-32)52(44)33-17-12-14-31(28-33)34-20-13-21-36-35-18-9-11-23-45(35)53-48(34)36/h5-25,28-30H,26-27H2,1-4H3. The van der Waals surface area contributed by atoms with Gasteiger partial charge in [-0.3, -0.25) is 0 Å². The van der Waals surface area contributed by atoms with Gasteiger partial charge in [0.15, 0.2) is 0 Å². The third-order valence-corrected chi connectivity index (χ3v) is 12.4.